The molecule has 0 spiro atoms. The molecule has 2 N–H and O–H groups in total. The number of amides is 2. The second-order valence-electron chi connectivity index (χ2n) is 8.63. The van der Waals surface area contributed by atoms with Crippen LogP contribution in [0.2, 0.25) is 0 Å². The third-order valence-electron chi connectivity index (χ3n) is 7.56. The zero-order chi connectivity index (χ0) is 15.1. The van der Waals surface area contributed by atoms with Crippen molar-refractivity contribution in [1.82, 2.24) is 10.6 Å². The maximum Gasteiger partial charge on any atom is 0.315 e. The number of carbonyl (C=O) groups is 1. The molecule has 22 heavy (non-hydrogen) atoms. The van der Waals surface area contributed by atoms with Gasteiger partial charge in [0.05, 0.1) is 0 Å². The largest absolute Gasteiger partial charge is 0.338 e. The highest BCUT2D eigenvalue weighted by atomic mass is 16.2. The molecular formula is C19H32N2O. The van der Waals surface area contributed by atoms with Gasteiger partial charge in [0, 0.05) is 12.6 Å². The number of hydrogen-bond donors (Lipinski definition) is 2. The van der Waals surface area contributed by atoms with Gasteiger partial charge in [-0.2, -0.15) is 0 Å². The lowest BCUT2D eigenvalue weighted by atomic mass is 9.46. The average molecular weight is 304 g/mol. The lowest BCUT2D eigenvalue weighted by Crippen LogP contribution is -2.63. The molecule has 0 heterocycles. The summed E-state index contributed by atoms with van der Waals surface area (Å²) in [6.45, 7) is 3.24. The summed E-state index contributed by atoms with van der Waals surface area (Å²) in [7, 11) is 0. The quantitative estimate of drug-likeness (QED) is 0.811. The van der Waals surface area contributed by atoms with Crippen LogP contribution in [0.3, 0.4) is 0 Å². The molecule has 3 heteroatoms. The summed E-state index contributed by atoms with van der Waals surface area (Å²) in [5.41, 5.74) is 0. The second kappa shape index (κ2) is 6.05. The van der Waals surface area contributed by atoms with Crippen LogP contribution in [0.4, 0.5) is 4.79 Å². The molecule has 0 radical (unpaired) electrons. The smallest absolute Gasteiger partial charge is 0.315 e. The van der Waals surface area contributed by atoms with E-state index in [0.29, 0.717) is 6.04 Å². The molecule has 5 saturated carbocycles. The van der Waals surface area contributed by atoms with Crippen molar-refractivity contribution in [2.24, 2.45) is 35.5 Å². The monoisotopic (exact) mass is 304 g/mol. The van der Waals surface area contributed by atoms with Crippen molar-refractivity contribution >= 4 is 6.03 Å². The first-order valence-corrected chi connectivity index (χ1v) is 9.76. The molecule has 2 amide bonds. The summed E-state index contributed by atoms with van der Waals surface area (Å²) < 4.78 is 0. The lowest BCUT2D eigenvalue weighted by molar-refractivity contribution is -0.0939. The van der Waals surface area contributed by atoms with Gasteiger partial charge in [0.15, 0.2) is 0 Å². The third-order valence-corrected chi connectivity index (χ3v) is 7.56. The van der Waals surface area contributed by atoms with Gasteiger partial charge in [-0.1, -0.05) is 32.6 Å². The molecule has 3 nitrogen and oxygen atoms in total. The molecule has 0 aliphatic heterocycles. The first-order chi connectivity index (χ1) is 10.7. The minimum Gasteiger partial charge on any atom is -0.338 e. The fourth-order valence-electron chi connectivity index (χ4n) is 6.20. The zero-order valence-electron chi connectivity index (χ0n) is 14.0. The van der Waals surface area contributed by atoms with E-state index >= 15 is 0 Å². The van der Waals surface area contributed by atoms with Gasteiger partial charge in [-0.05, 0) is 67.6 Å². The SMILES string of the molecule is CC1CCCCC1CCNC(=O)NC1C2CCC3C(C2)CC31. The van der Waals surface area contributed by atoms with Gasteiger partial charge >= 0.3 is 6.03 Å². The Morgan fingerprint density at radius 2 is 1.86 bits per heavy atom. The standard InChI is InChI=1S/C19H32N2O/c1-12-4-2-3-5-13(12)8-9-20-19(22)21-18-14-6-7-16-15(10-14)11-17(16)18/h12-18H,2-11H2,1H3,(H2,20,21,22). The first-order valence-electron chi connectivity index (χ1n) is 9.76. The Bertz CT molecular complexity index is 420. The first kappa shape index (κ1) is 14.8. The van der Waals surface area contributed by atoms with Gasteiger partial charge in [-0.15, -0.1) is 0 Å². The van der Waals surface area contributed by atoms with Crippen molar-refractivity contribution in [3.63, 3.8) is 0 Å². The molecule has 4 bridgehead atoms. The van der Waals surface area contributed by atoms with Gasteiger partial charge in [-0.25, -0.2) is 4.79 Å². The summed E-state index contributed by atoms with van der Waals surface area (Å²) in [6, 6.07) is 0.585. The Labute approximate surface area is 135 Å². The Kier molecular flexibility index (Phi) is 4.08. The second-order valence-corrected chi connectivity index (χ2v) is 8.63. The molecule has 7 unspecified atom stereocenters. The molecular weight excluding hydrogens is 272 g/mol. The Morgan fingerprint density at radius 1 is 1.00 bits per heavy atom. The highest BCUT2D eigenvalue weighted by Crippen LogP contribution is 2.59. The Morgan fingerprint density at radius 3 is 2.59 bits per heavy atom. The summed E-state index contributed by atoms with van der Waals surface area (Å²) in [4.78, 5) is 12.3. The highest BCUT2D eigenvalue weighted by molar-refractivity contribution is 5.74. The molecule has 124 valence electrons. The molecule has 0 saturated heterocycles. The van der Waals surface area contributed by atoms with Gasteiger partial charge in [-0.3, -0.25) is 0 Å². The minimum absolute atomic E-state index is 0.101. The number of fused-ring (bicyclic) bond motifs is 1. The van der Waals surface area contributed by atoms with E-state index in [1.165, 1.54) is 51.4 Å². The highest BCUT2D eigenvalue weighted by Gasteiger charge is 2.56. The van der Waals surface area contributed by atoms with Gasteiger partial charge in [0.1, 0.15) is 0 Å². The van der Waals surface area contributed by atoms with Crippen LogP contribution in [0.5, 0.6) is 0 Å². The number of carbonyl (C=O) groups excluding carboxylic acids is 1. The molecule has 5 fully saturated rings. The topological polar surface area (TPSA) is 41.1 Å². The van der Waals surface area contributed by atoms with E-state index in [4.69, 9.17) is 0 Å². The van der Waals surface area contributed by atoms with Crippen LogP contribution in [-0.2, 0) is 0 Å². The Hall–Kier alpha value is -0.730. The van der Waals surface area contributed by atoms with Gasteiger partial charge in [0.25, 0.3) is 0 Å². The maximum absolute atomic E-state index is 12.3. The fourth-order valence-corrected chi connectivity index (χ4v) is 6.20. The van der Waals surface area contributed by atoms with Gasteiger partial charge in [0.2, 0.25) is 0 Å². The number of urea groups is 1. The predicted molar refractivity (Wildman–Crippen MR) is 88.5 cm³/mol. The summed E-state index contributed by atoms with van der Waals surface area (Å²) in [6.07, 6.45) is 12.2. The predicted octanol–water partition coefficient (Wildman–Crippen LogP) is 3.94. The average Bonchev–Trinajstić information content (AvgIpc) is 2.49. The van der Waals surface area contributed by atoms with Crippen LogP contribution in [-0.4, -0.2) is 18.6 Å². The van der Waals surface area contributed by atoms with Crippen LogP contribution in [0.1, 0.15) is 64.7 Å². The van der Waals surface area contributed by atoms with E-state index in [9.17, 15) is 4.79 Å². The molecule has 0 aromatic rings. The normalized spacial score (nSPS) is 46.0. The fraction of sp³-hybridized carbons (Fsp3) is 0.947. The summed E-state index contributed by atoms with van der Waals surface area (Å²) in [5, 5.41) is 6.48. The van der Waals surface area contributed by atoms with Crippen molar-refractivity contribution < 1.29 is 4.79 Å². The summed E-state index contributed by atoms with van der Waals surface area (Å²) in [5.74, 6) is 5.21. The van der Waals surface area contributed by atoms with E-state index in [0.717, 1.165) is 48.5 Å². The van der Waals surface area contributed by atoms with E-state index < -0.39 is 0 Å². The van der Waals surface area contributed by atoms with Crippen LogP contribution in [0.15, 0.2) is 0 Å². The molecule has 5 rings (SSSR count). The van der Waals surface area contributed by atoms with Crippen molar-refractivity contribution in [1.29, 1.82) is 0 Å². The maximum atomic E-state index is 12.3. The molecule has 0 aromatic carbocycles. The zero-order valence-corrected chi connectivity index (χ0v) is 14.0. The molecule has 5 aliphatic rings. The van der Waals surface area contributed by atoms with E-state index in [1.54, 1.807) is 0 Å². The molecule has 0 aromatic heterocycles. The molecule has 5 aliphatic carbocycles. The van der Waals surface area contributed by atoms with Crippen LogP contribution >= 0.6 is 0 Å². The number of nitrogens with one attached hydrogen (secondary N) is 2. The summed E-state index contributed by atoms with van der Waals surface area (Å²) >= 11 is 0. The van der Waals surface area contributed by atoms with E-state index in [2.05, 4.69) is 17.6 Å². The van der Waals surface area contributed by atoms with Gasteiger partial charge < -0.3 is 10.6 Å². The third kappa shape index (κ3) is 2.65. The number of hydrogen-bond acceptors (Lipinski definition) is 1. The van der Waals surface area contributed by atoms with Crippen LogP contribution in [0.25, 0.3) is 0 Å². The van der Waals surface area contributed by atoms with Crippen molar-refractivity contribution in [3.05, 3.63) is 0 Å². The number of rotatable bonds is 4. The Balaban J connectivity index is 1.20. The van der Waals surface area contributed by atoms with E-state index in [1.807, 2.05) is 0 Å². The van der Waals surface area contributed by atoms with Crippen molar-refractivity contribution in [2.45, 2.75) is 70.8 Å². The lowest BCUT2D eigenvalue weighted by Gasteiger charge is -2.61. The van der Waals surface area contributed by atoms with Crippen molar-refractivity contribution in [2.75, 3.05) is 6.54 Å². The van der Waals surface area contributed by atoms with Crippen molar-refractivity contribution in [3.8, 4) is 0 Å². The molecule has 7 atom stereocenters. The minimum atomic E-state index is 0.101. The van der Waals surface area contributed by atoms with Crippen LogP contribution < -0.4 is 10.6 Å². The van der Waals surface area contributed by atoms with E-state index in [-0.39, 0.29) is 6.03 Å². The van der Waals surface area contributed by atoms with Crippen LogP contribution in [0, 0.1) is 35.5 Å².